The lowest BCUT2D eigenvalue weighted by molar-refractivity contribution is -0.121. The number of nitrogens with two attached hydrogens (primary N) is 1. The minimum atomic E-state index is 0.0837. The fourth-order valence-corrected chi connectivity index (χ4v) is 2.08. The number of rotatable bonds is 6. The third-order valence-electron chi connectivity index (χ3n) is 3.05. The number of hydrogen-bond acceptors (Lipinski definition) is 3. The van der Waals surface area contributed by atoms with Crippen LogP contribution in [-0.4, -0.2) is 32.2 Å². The van der Waals surface area contributed by atoms with Crippen LogP contribution in [0.3, 0.4) is 0 Å². The summed E-state index contributed by atoms with van der Waals surface area (Å²) < 4.78 is 5.74. The average Bonchev–Trinajstić information content (AvgIpc) is 2.71. The molecule has 1 saturated carbocycles. The maximum atomic E-state index is 10.9. The van der Waals surface area contributed by atoms with Crippen molar-refractivity contribution in [1.82, 2.24) is 5.32 Å². The summed E-state index contributed by atoms with van der Waals surface area (Å²) in [6.45, 7) is 1.40. The highest BCUT2D eigenvalue weighted by atomic mass is 16.5. The molecular formula is C11H22N2O2. The van der Waals surface area contributed by atoms with Crippen molar-refractivity contribution in [2.75, 3.05) is 20.2 Å². The molecule has 0 bridgehead atoms. The lowest BCUT2D eigenvalue weighted by Crippen LogP contribution is -2.26. The Kier molecular flexibility index (Phi) is 5.65. The van der Waals surface area contributed by atoms with Gasteiger partial charge in [-0.05, 0) is 31.7 Å². The first kappa shape index (κ1) is 12.5. The molecule has 15 heavy (non-hydrogen) atoms. The van der Waals surface area contributed by atoms with Crippen LogP contribution in [-0.2, 0) is 9.53 Å². The number of nitrogens with one attached hydrogen (secondary N) is 1. The van der Waals surface area contributed by atoms with Crippen molar-refractivity contribution in [3.63, 3.8) is 0 Å². The zero-order chi connectivity index (χ0) is 11.1. The van der Waals surface area contributed by atoms with E-state index in [0.717, 1.165) is 19.4 Å². The van der Waals surface area contributed by atoms with Crippen LogP contribution < -0.4 is 11.1 Å². The Hall–Kier alpha value is -0.610. The standard InChI is InChI=1S/C11H22N2O2/c1-13-11(14)6-3-7-15-10-5-2-4-9(10)8-12/h9-10H,2-8,12H2,1H3,(H,13,14). The van der Waals surface area contributed by atoms with E-state index in [-0.39, 0.29) is 5.91 Å². The first-order chi connectivity index (χ1) is 7.27. The number of amides is 1. The molecular weight excluding hydrogens is 192 g/mol. The van der Waals surface area contributed by atoms with E-state index in [2.05, 4.69) is 5.32 Å². The van der Waals surface area contributed by atoms with Crippen molar-refractivity contribution in [2.24, 2.45) is 11.7 Å². The van der Waals surface area contributed by atoms with E-state index in [4.69, 9.17) is 10.5 Å². The van der Waals surface area contributed by atoms with Gasteiger partial charge in [-0.1, -0.05) is 6.42 Å². The Bertz CT molecular complexity index is 197. The van der Waals surface area contributed by atoms with Gasteiger partial charge in [0.15, 0.2) is 0 Å². The number of ether oxygens (including phenoxy) is 1. The molecule has 1 rings (SSSR count). The minimum Gasteiger partial charge on any atom is -0.378 e. The van der Waals surface area contributed by atoms with Gasteiger partial charge in [-0.15, -0.1) is 0 Å². The number of carbonyl (C=O) groups is 1. The van der Waals surface area contributed by atoms with E-state index < -0.39 is 0 Å². The summed E-state index contributed by atoms with van der Waals surface area (Å²) in [5, 5.41) is 2.60. The lowest BCUT2D eigenvalue weighted by atomic mass is 10.1. The Labute approximate surface area is 91.5 Å². The lowest BCUT2D eigenvalue weighted by Gasteiger charge is -2.18. The van der Waals surface area contributed by atoms with Gasteiger partial charge < -0.3 is 15.8 Å². The summed E-state index contributed by atoms with van der Waals surface area (Å²) in [6.07, 6.45) is 5.23. The summed E-state index contributed by atoms with van der Waals surface area (Å²) in [6, 6.07) is 0. The van der Waals surface area contributed by atoms with Crippen molar-refractivity contribution in [1.29, 1.82) is 0 Å². The largest absolute Gasteiger partial charge is 0.378 e. The highest BCUT2D eigenvalue weighted by Crippen LogP contribution is 2.27. The fraction of sp³-hybridized carbons (Fsp3) is 0.909. The third-order valence-corrected chi connectivity index (χ3v) is 3.05. The molecule has 4 nitrogen and oxygen atoms in total. The van der Waals surface area contributed by atoms with Gasteiger partial charge >= 0.3 is 0 Å². The van der Waals surface area contributed by atoms with Crippen LogP contribution in [0.15, 0.2) is 0 Å². The normalized spacial score (nSPS) is 25.5. The average molecular weight is 214 g/mol. The molecule has 1 aliphatic carbocycles. The van der Waals surface area contributed by atoms with E-state index in [1.807, 2.05) is 0 Å². The monoisotopic (exact) mass is 214 g/mol. The van der Waals surface area contributed by atoms with E-state index in [1.54, 1.807) is 7.05 Å². The number of carbonyl (C=O) groups excluding carboxylic acids is 1. The molecule has 0 aliphatic heterocycles. The van der Waals surface area contributed by atoms with E-state index in [1.165, 1.54) is 12.8 Å². The van der Waals surface area contributed by atoms with Crippen LogP contribution in [0.25, 0.3) is 0 Å². The van der Waals surface area contributed by atoms with Crippen LogP contribution in [0.1, 0.15) is 32.1 Å². The van der Waals surface area contributed by atoms with Crippen LogP contribution in [0.2, 0.25) is 0 Å². The zero-order valence-corrected chi connectivity index (χ0v) is 9.50. The molecule has 4 heteroatoms. The van der Waals surface area contributed by atoms with Crippen molar-refractivity contribution >= 4 is 5.91 Å². The Balaban J connectivity index is 2.06. The molecule has 3 N–H and O–H groups in total. The van der Waals surface area contributed by atoms with Gasteiger partial charge in [0.05, 0.1) is 6.10 Å². The van der Waals surface area contributed by atoms with Gasteiger partial charge in [-0.3, -0.25) is 4.79 Å². The fourth-order valence-electron chi connectivity index (χ4n) is 2.08. The van der Waals surface area contributed by atoms with Gasteiger partial charge in [-0.2, -0.15) is 0 Å². The summed E-state index contributed by atoms with van der Waals surface area (Å²) in [5.74, 6) is 0.616. The van der Waals surface area contributed by atoms with Crippen LogP contribution in [0.4, 0.5) is 0 Å². The van der Waals surface area contributed by atoms with Crippen molar-refractivity contribution in [3.05, 3.63) is 0 Å². The highest BCUT2D eigenvalue weighted by Gasteiger charge is 2.26. The highest BCUT2D eigenvalue weighted by molar-refractivity contribution is 5.75. The van der Waals surface area contributed by atoms with E-state index >= 15 is 0 Å². The van der Waals surface area contributed by atoms with Crippen LogP contribution in [0.5, 0.6) is 0 Å². The summed E-state index contributed by atoms with van der Waals surface area (Å²) in [5.41, 5.74) is 5.65. The molecule has 0 aromatic carbocycles. The summed E-state index contributed by atoms with van der Waals surface area (Å²) >= 11 is 0. The van der Waals surface area contributed by atoms with Gasteiger partial charge in [0, 0.05) is 20.1 Å². The Morgan fingerprint density at radius 2 is 2.33 bits per heavy atom. The first-order valence-electron chi connectivity index (χ1n) is 5.80. The molecule has 2 atom stereocenters. The van der Waals surface area contributed by atoms with Gasteiger partial charge in [0.2, 0.25) is 5.91 Å². The van der Waals surface area contributed by atoms with Gasteiger partial charge in [0.25, 0.3) is 0 Å². The SMILES string of the molecule is CNC(=O)CCCOC1CCCC1CN. The minimum absolute atomic E-state index is 0.0837. The smallest absolute Gasteiger partial charge is 0.219 e. The molecule has 88 valence electrons. The second kappa shape index (κ2) is 6.80. The summed E-state index contributed by atoms with van der Waals surface area (Å²) in [4.78, 5) is 10.9. The van der Waals surface area contributed by atoms with Crippen molar-refractivity contribution in [3.8, 4) is 0 Å². The molecule has 1 amide bonds. The van der Waals surface area contributed by atoms with Crippen molar-refractivity contribution in [2.45, 2.75) is 38.2 Å². The van der Waals surface area contributed by atoms with E-state index in [0.29, 0.717) is 25.0 Å². The Morgan fingerprint density at radius 3 is 3.00 bits per heavy atom. The third kappa shape index (κ3) is 4.18. The van der Waals surface area contributed by atoms with Crippen LogP contribution in [0, 0.1) is 5.92 Å². The van der Waals surface area contributed by atoms with Gasteiger partial charge in [0.1, 0.15) is 0 Å². The molecule has 0 aromatic heterocycles. The first-order valence-corrected chi connectivity index (χ1v) is 5.80. The predicted octanol–water partition coefficient (Wildman–Crippen LogP) is 0.657. The maximum Gasteiger partial charge on any atom is 0.219 e. The predicted molar refractivity (Wildman–Crippen MR) is 59.4 cm³/mol. The molecule has 1 aliphatic rings. The number of hydrogen-bond donors (Lipinski definition) is 2. The zero-order valence-electron chi connectivity index (χ0n) is 9.50. The summed E-state index contributed by atoms with van der Waals surface area (Å²) in [7, 11) is 1.66. The maximum absolute atomic E-state index is 10.9. The molecule has 0 aromatic rings. The second-order valence-corrected chi connectivity index (χ2v) is 4.11. The van der Waals surface area contributed by atoms with Crippen LogP contribution >= 0.6 is 0 Å². The second-order valence-electron chi connectivity index (χ2n) is 4.11. The molecule has 0 heterocycles. The Morgan fingerprint density at radius 1 is 1.53 bits per heavy atom. The molecule has 0 radical (unpaired) electrons. The molecule has 0 saturated heterocycles. The van der Waals surface area contributed by atoms with E-state index in [9.17, 15) is 4.79 Å². The molecule has 1 fully saturated rings. The quantitative estimate of drug-likeness (QED) is 0.638. The topological polar surface area (TPSA) is 64.3 Å². The molecule has 2 unspecified atom stereocenters. The molecule has 0 spiro atoms. The van der Waals surface area contributed by atoms with Gasteiger partial charge in [-0.25, -0.2) is 0 Å². The van der Waals surface area contributed by atoms with Crippen molar-refractivity contribution < 1.29 is 9.53 Å².